The van der Waals surface area contributed by atoms with E-state index in [-0.39, 0.29) is 5.57 Å². The molecule has 1 aliphatic heterocycles. The van der Waals surface area contributed by atoms with Gasteiger partial charge in [-0.05, 0) is 42.3 Å². The van der Waals surface area contributed by atoms with Gasteiger partial charge in [-0.15, -0.1) is 13.2 Å². The number of rotatable bonds is 7. The summed E-state index contributed by atoms with van der Waals surface area (Å²) in [4.78, 5) is 0. The number of epoxide rings is 1. The molecule has 10 heteroatoms. The average molecular weight is 473 g/mol. The van der Waals surface area contributed by atoms with E-state index in [0.29, 0.717) is 11.6 Å². The average Bonchev–Trinajstić information content (AvgIpc) is 3.53. The van der Waals surface area contributed by atoms with E-state index in [4.69, 9.17) is 10.5 Å². The molecule has 176 valence electrons. The van der Waals surface area contributed by atoms with E-state index in [2.05, 4.69) is 4.74 Å². The van der Waals surface area contributed by atoms with Gasteiger partial charge in [0.2, 0.25) is 0 Å². The Morgan fingerprint density at radius 2 is 1.67 bits per heavy atom. The van der Waals surface area contributed by atoms with Crippen LogP contribution >= 0.6 is 0 Å². The summed E-state index contributed by atoms with van der Waals surface area (Å²) in [6.07, 6.45) is -0.380. The Morgan fingerprint density at radius 1 is 1.03 bits per heavy atom. The second-order valence-corrected chi connectivity index (χ2v) is 7.09. The fraction of sp³-hybridized carbons (Fsp3) is 0.217. The van der Waals surface area contributed by atoms with Crippen LogP contribution in [0.1, 0.15) is 18.1 Å². The van der Waals surface area contributed by atoms with Crippen molar-refractivity contribution in [3.8, 4) is 5.75 Å². The Labute approximate surface area is 184 Å². The van der Waals surface area contributed by atoms with Crippen molar-refractivity contribution in [2.45, 2.75) is 24.8 Å². The lowest BCUT2D eigenvalue weighted by Gasteiger charge is -2.26. The highest BCUT2D eigenvalue weighted by atomic mass is 19.4. The van der Waals surface area contributed by atoms with Crippen molar-refractivity contribution >= 4 is 5.57 Å². The van der Waals surface area contributed by atoms with E-state index in [1.807, 2.05) is 0 Å². The molecule has 1 atom stereocenters. The third-order valence-electron chi connectivity index (χ3n) is 5.02. The number of nitrogens with two attached hydrogens (primary N) is 1. The van der Waals surface area contributed by atoms with Gasteiger partial charge in [0.15, 0.2) is 5.60 Å². The molecule has 33 heavy (non-hydrogen) atoms. The fourth-order valence-electron chi connectivity index (χ4n) is 3.29. The second-order valence-electron chi connectivity index (χ2n) is 7.09. The molecule has 0 spiro atoms. The van der Waals surface area contributed by atoms with Crippen LogP contribution in [0.2, 0.25) is 0 Å². The number of allylic oxidation sites excluding steroid dienone is 4. The van der Waals surface area contributed by atoms with E-state index >= 15 is 8.78 Å². The van der Waals surface area contributed by atoms with Gasteiger partial charge in [-0.2, -0.15) is 8.78 Å². The fourth-order valence-corrected chi connectivity index (χ4v) is 3.29. The zero-order chi connectivity index (χ0) is 24.4. The summed E-state index contributed by atoms with van der Waals surface area (Å²) in [5, 5.41) is 0. The van der Waals surface area contributed by atoms with Gasteiger partial charge in [0.25, 0.3) is 0 Å². The Morgan fingerprint density at radius 3 is 2.15 bits per heavy atom. The van der Waals surface area contributed by atoms with Gasteiger partial charge in [-0.1, -0.05) is 30.4 Å². The van der Waals surface area contributed by atoms with Crippen molar-refractivity contribution in [1.82, 2.24) is 0 Å². The maximum Gasteiger partial charge on any atom is 0.573 e. The molecule has 3 rings (SSSR count). The van der Waals surface area contributed by atoms with Crippen LogP contribution in [-0.4, -0.2) is 18.9 Å². The molecule has 2 N–H and O–H groups in total. The van der Waals surface area contributed by atoms with Crippen molar-refractivity contribution in [1.29, 1.82) is 0 Å². The number of hydrogen-bond donors (Lipinski definition) is 1. The predicted octanol–water partition coefficient (Wildman–Crippen LogP) is 6.23. The molecule has 1 saturated heterocycles. The van der Waals surface area contributed by atoms with Gasteiger partial charge in [-0.25, -0.2) is 8.78 Å². The van der Waals surface area contributed by atoms with Crippen LogP contribution in [0.25, 0.3) is 5.57 Å². The number of alkyl halides is 5. The Bertz CT molecular complexity index is 1100. The normalized spacial score (nSPS) is 19.8. The van der Waals surface area contributed by atoms with E-state index in [1.165, 1.54) is 25.1 Å². The quantitative estimate of drug-likeness (QED) is 0.295. The summed E-state index contributed by atoms with van der Waals surface area (Å²) in [7, 11) is 0. The van der Waals surface area contributed by atoms with E-state index in [0.717, 1.165) is 42.6 Å². The highest BCUT2D eigenvalue weighted by Crippen LogP contribution is 2.55. The molecule has 1 aliphatic rings. The molecular formula is C23H18F7NO2. The highest BCUT2D eigenvalue weighted by Gasteiger charge is 2.67. The van der Waals surface area contributed by atoms with Crippen molar-refractivity contribution in [3.63, 3.8) is 0 Å². The molecular weight excluding hydrogens is 455 g/mol. The Hall–Kier alpha value is -3.27. The zero-order valence-electron chi connectivity index (χ0n) is 17.1. The third-order valence-corrected chi connectivity index (χ3v) is 5.02. The first-order chi connectivity index (χ1) is 15.4. The first-order valence-corrected chi connectivity index (χ1v) is 9.54. The van der Waals surface area contributed by atoms with Gasteiger partial charge in [-0.3, -0.25) is 0 Å². The van der Waals surface area contributed by atoms with Crippen LogP contribution in [0, 0.1) is 11.6 Å². The Kier molecular flexibility index (Phi) is 6.60. The van der Waals surface area contributed by atoms with Crippen molar-refractivity contribution in [3.05, 3.63) is 95.2 Å². The van der Waals surface area contributed by atoms with E-state index < -0.39 is 53.0 Å². The Balaban J connectivity index is 1.85. The largest absolute Gasteiger partial charge is 0.573 e. The standard InChI is InChI=1S/C23H18F7NO2/c1-2-16(22(26,27)21(13-32-21)19-10-7-17(24)11-20(19)25)6-3-15(12-31)14-4-8-18(9-5-14)33-23(28,29)30/h2-12H,13,31H2,1H3/b6-3-,15-12+,16-2+. The van der Waals surface area contributed by atoms with Crippen molar-refractivity contribution in [2.75, 3.05) is 6.61 Å². The first-order valence-electron chi connectivity index (χ1n) is 9.54. The smallest absolute Gasteiger partial charge is 0.406 e. The summed E-state index contributed by atoms with van der Waals surface area (Å²) in [6, 6.07) is 6.93. The summed E-state index contributed by atoms with van der Waals surface area (Å²) < 4.78 is 104. The molecule has 0 saturated carbocycles. The minimum atomic E-state index is -4.86. The lowest BCUT2D eigenvalue weighted by molar-refractivity contribution is -0.274. The van der Waals surface area contributed by atoms with Gasteiger partial charge in [0, 0.05) is 23.4 Å². The van der Waals surface area contributed by atoms with E-state index in [9.17, 15) is 22.0 Å². The number of ether oxygens (including phenoxy) is 2. The van der Waals surface area contributed by atoms with Gasteiger partial charge in [0.1, 0.15) is 17.4 Å². The summed E-state index contributed by atoms with van der Waals surface area (Å²) in [6.45, 7) is 0.869. The zero-order valence-corrected chi connectivity index (χ0v) is 17.1. The van der Waals surface area contributed by atoms with Crippen LogP contribution in [-0.2, 0) is 10.3 Å². The summed E-state index contributed by atoms with van der Waals surface area (Å²) in [5.74, 6) is -6.22. The number of hydrogen-bond acceptors (Lipinski definition) is 3. The lowest BCUT2D eigenvalue weighted by Crippen LogP contribution is -2.37. The molecule has 0 aromatic heterocycles. The van der Waals surface area contributed by atoms with Crippen LogP contribution < -0.4 is 10.5 Å². The molecule has 0 aliphatic carbocycles. The lowest BCUT2D eigenvalue weighted by atomic mass is 9.87. The SMILES string of the molecule is C\C=C(/C=C\C(=C/N)c1ccc(OC(F)(F)F)cc1)C(F)(F)C1(c2ccc(F)cc2F)CO1. The van der Waals surface area contributed by atoms with Gasteiger partial charge < -0.3 is 15.2 Å². The minimum Gasteiger partial charge on any atom is -0.406 e. The topological polar surface area (TPSA) is 47.8 Å². The third kappa shape index (κ3) is 5.05. The molecule has 0 bridgehead atoms. The van der Waals surface area contributed by atoms with Gasteiger partial charge in [0.05, 0.1) is 6.61 Å². The molecule has 3 nitrogen and oxygen atoms in total. The van der Waals surface area contributed by atoms with Crippen LogP contribution in [0.15, 0.2) is 72.5 Å². The molecule has 1 heterocycles. The predicted molar refractivity (Wildman–Crippen MR) is 107 cm³/mol. The molecule has 2 aromatic rings. The first kappa shape index (κ1) is 24.4. The van der Waals surface area contributed by atoms with E-state index in [1.54, 1.807) is 0 Å². The molecule has 0 radical (unpaired) electrons. The summed E-state index contributed by atoms with van der Waals surface area (Å²) >= 11 is 0. The minimum absolute atomic E-state index is 0.224. The maximum atomic E-state index is 15.4. The molecule has 1 unspecified atom stereocenters. The van der Waals surface area contributed by atoms with Crippen molar-refractivity contribution < 1.29 is 40.2 Å². The van der Waals surface area contributed by atoms with Crippen LogP contribution in [0.3, 0.4) is 0 Å². The number of benzene rings is 2. The van der Waals surface area contributed by atoms with Crippen LogP contribution in [0.5, 0.6) is 5.75 Å². The number of halogens is 7. The maximum absolute atomic E-state index is 15.4. The molecule has 1 fully saturated rings. The van der Waals surface area contributed by atoms with Crippen LogP contribution in [0.4, 0.5) is 30.7 Å². The summed E-state index contributed by atoms with van der Waals surface area (Å²) in [5.41, 5.74) is 2.83. The highest BCUT2D eigenvalue weighted by molar-refractivity contribution is 5.74. The second kappa shape index (κ2) is 8.93. The molecule has 2 aromatic carbocycles. The van der Waals surface area contributed by atoms with Gasteiger partial charge >= 0.3 is 12.3 Å². The monoisotopic (exact) mass is 473 g/mol. The molecule has 0 amide bonds. The van der Waals surface area contributed by atoms with Crippen molar-refractivity contribution in [2.24, 2.45) is 5.73 Å².